The Bertz CT molecular complexity index is 611. The van der Waals surface area contributed by atoms with E-state index in [1.54, 1.807) is 15.8 Å². The van der Waals surface area contributed by atoms with E-state index in [0.29, 0.717) is 6.42 Å². The Morgan fingerprint density at radius 3 is 2.81 bits per heavy atom. The fourth-order valence-electron chi connectivity index (χ4n) is 2.74. The van der Waals surface area contributed by atoms with E-state index in [9.17, 15) is 13.2 Å². The first-order chi connectivity index (χ1) is 9.82. The molecular formula is C13H21N3O4S. The van der Waals surface area contributed by atoms with Crippen molar-refractivity contribution in [2.45, 2.75) is 38.9 Å². The van der Waals surface area contributed by atoms with E-state index in [4.69, 9.17) is 5.11 Å². The van der Waals surface area contributed by atoms with Gasteiger partial charge in [0.25, 0.3) is 0 Å². The molecule has 0 saturated carbocycles. The topological polar surface area (TPSA) is 92.5 Å². The van der Waals surface area contributed by atoms with Crippen molar-refractivity contribution >= 4 is 15.8 Å². The smallest absolute Gasteiger partial charge is 0.317 e. The van der Waals surface area contributed by atoms with E-state index in [2.05, 4.69) is 5.10 Å². The molecule has 1 aromatic heterocycles. The lowest BCUT2D eigenvalue weighted by Gasteiger charge is -2.31. The van der Waals surface area contributed by atoms with Crippen LogP contribution in [-0.4, -0.2) is 58.3 Å². The highest BCUT2D eigenvalue weighted by Crippen LogP contribution is 2.27. The summed E-state index contributed by atoms with van der Waals surface area (Å²) in [7, 11) is -3.05. The molecule has 1 aromatic rings. The minimum absolute atomic E-state index is 0.0343. The summed E-state index contributed by atoms with van der Waals surface area (Å²) in [6.07, 6.45) is 4.08. The van der Waals surface area contributed by atoms with Crippen molar-refractivity contribution in [3.8, 4) is 0 Å². The van der Waals surface area contributed by atoms with Crippen molar-refractivity contribution in [3.05, 3.63) is 18.0 Å². The van der Waals surface area contributed by atoms with Gasteiger partial charge in [-0.25, -0.2) is 8.42 Å². The Balaban J connectivity index is 2.21. The van der Waals surface area contributed by atoms with Crippen molar-refractivity contribution in [2.75, 3.05) is 18.1 Å². The van der Waals surface area contributed by atoms with Gasteiger partial charge < -0.3 is 5.11 Å². The molecule has 2 atom stereocenters. The predicted octanol–water partition coefficient (Wildman–Crippen LogP) is 0.538. The Morgan fingerprint density at radius 2 is 2.33 bits per heavy atom. The SMILES string of the molecule is CCn1cc(C(C)N(CC(=O)O)C2CCS(=O)(=O)C2)cn1. The van der Waals surface area contributed by atoms with Crippen LogP contribution < -0.4 is 0 Å². The zero-order chi connectivity index (χ0) is 15.6. The summed E-state index contributed by atoms with van der Waals surface area (Å²) in [4.78, 5) is 12.9. The zero-order valence-corrected chi connectivity index (χ0v) is 13.1. The van der Waals surface area contributed by atoms with Gasteiger partial charge >= 0.3 is 5.97 Å². The van der Waals surface area contributed by atoms with E-state index in [1.165, 1.54) is 0 Å². The Kier molecular flexibility index (Phi) is 4.67. The molecule has 1 saturated heterocycles. The third-order valence-electron chi connectivity index (χ3n) is 3.95. The molecule has 7 nitrogen and oxygen atoms in total. The normalized spacial score (nSPS) is 22.5. The van der Waals surface area contributed by atoms with Gasteiger partial charge in [-0.2, -0.15) is 5.10 Å². The predicted molar refractivity (Wildman–Crippen MR) is 77.7 cm³/mol. The third kappa shape index (κ3) is 3.82. The van der Waals surface area contributed by atoms with E-state index < -0.39 is 15.8 Å². The first-order valence-corrected chi connectivity index (χ1v) is 8.85. The second-order valence-electron chi connectivity index (χ2n) is 5.43. The Labute approximate surface area is 124 Å². The summed E-state index contributed by atoms with van der Waals surface area (Å²) in [6.45, 7) is 4.44. The molecule has 0 amide bonds. The monoisotopic (exact) mass is 315 g/mol. The highest BCUT2D eigenvalue weighted by atomic mass is 32.2. The molecule has 0 aromatic carbocycles. The molecular weight excluding hydrogens is 294 g/mol. The summed E-state index contributed by atoms with van der Waals surface area (Å²) in [5, 5.41) is 13.3. The van der Waals surface area contributed by atoms with E-state index in [1.807, 2.05) is 20.0 Å². The van der Waals surface area contributed by atoms with Crippen LogP contribution in [0.1, 0.15) is 31.9 Å². The quantitative estimate of drug-likeness (QED) is 0.823. The maximum Gasteiger partial charge on any atom is 0.317 e. The molecule has 2 rings (SSSR count). The largest absolute Gasteiger partial charge is 0.480 e. The van der Waals surface area contributed by atoms with Crippen LogP contribution >= 0.6 is 0 Å². The molecule has 1 aliphatic rings. The molecule has 21 heavy (non-hydrogen) atoms. The number of sulfone groups is 1. The van der Waals surface area contributed by atoms with Gasteiger partial charge in [0.2, 0.25) is 0 Å². The van der Waals surface area contributed by atoms with E-state index >= 15 is 0 Å². The van der Waals surface area contributed by atoms with Crippen LogP contribution in [0.5, 0.6) is 0 Å². The van der Waals surface area contributed by atoms with E-state index in [0.717, 1.165) is 12.1 Å². The highest BCUT2D eigenvalue weighted by molar-refractivity contribution is 7.91. The lowest BCUT2D eigenvalue weighted by molar-refractivity contribution is -0.139. The van der Waals surface area contributed by atoms with Crippen molar-refractivity contribution in [1.82, 2.24) is 14.7 Å². The molecule has 1 aliphatic heterocycles. The first kappa shape index (κ1) is 16.0. The molecule has 0 radical (unpaired) electrons. The van der Waals surface area contributed by atoms with E-state index in [-0.39, 0.29) is 30.1 Å². The second-order valence-corrected chi connectivity index (χ2v) is 7.66. The van der Waals surface area contributed by atoms with Crippen LogP contribution in [-0.2, 0) is 21.2 Å². The number of carboxylic acid groups (broad SMARTS) is 1. The molecule has 0 bridgehead atoms. The Morgan fingerprint density at radius 1 is 1.62 bits per heavy atom. The molecule has 0 spiro atoms. The van der Waals surface area contributed by atoms with Crippen LogP contribution in [0.25, 0.3) is 0 Å². The van der Waals surface area contributed by atoms with Gasteiger partial charge in [0.1, 0.15) is 0 Å². The van der Waals surface area contributed by atoms with Crippen LogP contribution in [0, 0.1) is 0 Å². The third-order valence-corrected chi connectivity index (χ3v) is 5.70. The fourth-order valence-corrected chi connectivity index (χ4v) is 4.48. The maximum atomic E-state index is 11.7. The zero-order valence-electron chi connectivity index (χ0n) is 12.3. The number of aryl methyl sites for hydroxylation is 1. The highest BCUT2D eigenvalue weighted by Gasteiger charge is 2.35. The van der Waals surface area contributed by atoms with Gasteiger partial charge in [0.15, 0.2) is 9.84 Å². The summed E-state index contributed by atoms with van der Waals surface area (Å²) < 4.78 is 25.1. The number of aliphatic carboxylic acids is 1. The summed E-state index contributed by atoms with van der Waals surface area (Å²) >= 11 is 0. The summed E-state index contributed by atoms with van der Waals surface area (Å²) in [5.74, 6) is -0.782. The van der Waals surface area contributed by atoms with Crippen molar-refractivity contribution < 1.29 is 18.3 Å². The van der Waals surface area contributed by atoms with Crippen LogP contribution in [0.4, 0.5) is 0 Å². The minimum atomic E-state index is -3.05. The molecule has 2 unspecified atom stereocenters. The van der Waals surface area contributed by atoms with Gasteiger partial charge in [-0.05, 0) is 20.3 Å². The molecule has 8 heteroatoms. The van der Waals surface area contributed by atoms with Crippen molar-refractivity contribution in [3.63, 3.8) is 0 Å². The molecule has 1 N–H and O–H groups in total. The summed E-state index contributed by atoms with van der Waals surface area (Å²) in [5.41, 5.74) is 0.905. The number of hydrogen-bond donors (Lipinski definition) is 1. The lowest BCUT2D eigenvalue weighted by atomic mass is 10.1. The van der Waals surface area contributed by atoms with Crippen LogP contribution in [0.2, 0.25) is 0 Å². The van der Waals surface area contributed by atoms with Crippen molar-refractivity contribution in [2.24, 2.45) is 0 Å². The maximum absolute atomic E-state index is 11.7. The Hall–Kier alpha value is -1.41. The number of rotatable bonds is 6. The van der Waals surface area contributed by atoms with Crippen LogP contribution in [0.3, 0.4) is 0 Å². The number of aromatic nitrogens is 2. The lowest BCUT2D eigenvalue weighted by Crippen LogP contribution is -2.41. The second kappa shape index (κ2) is 6.15. The van der Waals surface area contributed by atoms with Gasteiger partial charge in [-0.1, -0.05) is 0 Å². The van der Waals surface area contributed by atoms with Crippen molar-refractivity contribution in [1.29, 1.82) is 0 Å². The van der Waals surface area contributed by atoms with Gasteiger partial charge in [-0.3, -0.25) is 14.4 Å². The summed E-state index contributed by atoms with van der Waals surface area (Å²) in [6, 6.07) is -0.425. The number of carbonyl (C=O) groups is 1. The van der Waals surface area contributed by atoms with Gasteiger partial charge in [-0.15, -0.1) is 0 Å². The molecule has 118 valence electrons. The average Bonchev–Trinajstić information content (AvgIpc) is 3.01. The van der Waals surface area contributed by atoms with Gasteiger partial charge in [0, 0.05) is 30.4 Å². The number of carboxylic acids is 1. The van der Waals surface area contributed by atoms with Gasteiger partial charge in [0.05, 0.1) is 24.2 Å². The molecule has 1 fully saturated rings. The fraction of sp³-hybridized carbons (Fsp3) is 0.692. The average molecular weight is 315 g/mol. The van der Waals surface area contributed by atoms with Crippen LogP contribution in [0.15, 0.2) is 12.4 Å². The number of hydrogen-bond acceptors (Lipinski definition) is 5. The molecule has 2 heterocycles. The first-order valence-electron chi connectivity index (χ1n) is 7.02. The minimum Gasteiger partial charge on any atom is -0.480 e. The number of nitrogens with zero attached hydrogens (tertiary/aromatic N) is 3. The standard InChI is InChI=1S/C13H21N3O4S/c1-3-15-7-11(6-14-15)10(2)16(8-13(17)18)12-4-5-21(19,20)9-12/h6-7,10,12H,3-5,8-9H2,1-2H3,(H,17,18). The molecule has 0 aliphatic carbocycles.